The van der Waals surface area contributed by atoms with Gasteiger partial charge in [0.15, 0.2) is 0 Å². The first kappa shape index (κ1) is 21.5. The minimum absolute atomic E-state index is 0.00147. The third-order valence-corrected chi connectivity index (χ3v) is 6.84. The lowest BCUT2D eigenvalue weighted by Gasteiger charge is -2.16. The van der Waals surface area contributed by atoms with Gasteiger partial charge in [-0.15, -0.1) is 0 Å². The second kappa shape index (κ2) is 8.86. The van der Waals surface area contributed by atoms with Crippen LogP contribution in [0.25, 0.3) is 11.1 Å². The third-order valence-electron chi connectivity index (χ3n) is 6.84. The number of alkyl carbamates (subject to hydrolysis) is 1. The van der Waals surface area contributed by atoms with E-state index in [9.17, 15) is 19.5 Å². The normalized spacial score (nSPS) is 25.1. The van der Waals surface area contributed by atoms with Gasteiger partial charge in [0.25, 0.3) is 0 Å². The molecule has 0 aromatic heterocycles. The van der Waals surface area contributed by atoms with Crippen molar-refractivity contribution < 1.29 is 29.0 Å². The Balaban J connectivity index is 1.09. The number of fused-ring (bicyclic) bond motifs is 3. The molecule has 172 valence electrons. The van der Waals surface area contributed by atoms with E-state index in [1.165, 1.54) is 11.1 Å². The molecule has 5 rings (SSSR count). The van der Waals surface area contributed by atoms with Crippen molar-refractivity contribution in [3.63, 3.8) is 0 Å². The molecule has 1 aliphatic heterocycles. The summed E-state index contributed by atoms with van der Waals surface area (Å²) in [6, 6.07) is 15.8. The van der Waals surface area contributed by atoms with Crippen LogP contribution in [0.3, 0.4) is 0 Å². The largest absolute Gasteiger partial charge is 0.481 e. The van der Waals surface area contributed by atoms with Gasteiger partial charge in [0.2, 0.25) is 5.91 Å². The summed E-state index contributed by atoms with van der Waals surface area (Å²) in [5.41, 5.74) is 4.65. The lowest BCUT2D eigenvalue weighted by molar-refractivity contribution is -0.142. The molecule has 2 aromatic carbocycles. The molecule has 0 spiro atoms. The van der Waals surface area contributed by atoms with Crippen LogP contribution in [-0.2, 0) is 19.1 Å². The summed E-state index contributed by atoms with van der Waals surface area (Å²) in [7, 11) is 0. The number of rotatable bonds is 7. The number of carboxylic acid groups (broad SMARTS) is 1. The summed E-state index contributed by atoms with van der Waals surface area (Å²) in [6.07, 6.45) is 0.152. The number of amides is 2. The number of benzene rings is 2. The standard InChI is InChI=1S/C25H26N2O6/c28-23(27-22-13-32-11-21(22)24(29)30)19-9-14(19)10-26-25(31)33-12-20-17-7-3-1-5-15(17)16-6-2-4-8-18(16)20/h1-8,14,19-22H,9-13H2,(H,26,31)(H,27,28)(H,29,30)/t14-,19-,21?,22?/m1/s1. The number of carbonyl (C=O) groups excluding carboxylic acids is 2. The molecular formula is C25H26N2O6. The van der Waals surface area contributed by atoms with Crippen molar-refractivity contribution in [2.45, 2.75) is 18.4 Å². The summed E-state index contributed by atoms with van der Waals surface area (Å²) in [5.74, 6) is -2.08. The molecule has 0 bridgehead atoms. The predicted octanol–water partition coefficient (Wildman–Crippen LogP) is 2.38. The molecule has 2 amide bonds. The minimum atomic E-state index is -0.970. The van der Waals surface area contributed by atoms with Crippen molar-refractivity contribution in [2.24, 2.45) is 17.8 Å². The number of hydrogen-bond donors (Lipinski definition) is 3. The maximum Gasteiger partial charge on any atom is 0.407 e. The maximum atomic E-state index is 12.4. The van der Waals surface area contributed by atoms with E-state index in [4.69, 9.17) is 9.47 Å². The highest BCUT2D eigenvalue weighted by Crippen LogP contribution is 2.44. The van der Waals surface area contributed by atoms with Gasteiger partial charge < -0.3 is 25.2 Å². The van der Waals surface area contributed by atoms with Crippen LogP contribution < -0.4 is 10.6 Å². The number of carboxylic acids is 1. The maximum absolute atomic E-state index is 12.4. The van der Waals surface area contributed by atoms with Crippen molar-refractivity contribution in [3.05, 3.63) is 59.7 Å². The van der Waals surface area contributed by atoms with E-state index in [2.05, 4.69) is 34.9 Å². The molecule has 8 nitrogen and oxygen atoms in total. The third kappa shape index (κ3) is 4.30. The van der Waals surface area contributed by atoms with E-state index in [0.717, 1.165) is 11.1 Å². The van der Waals surface area contributed by atoms with E-state index < -0.39 is 24.0 Å². The lowest BCUT2D eigenvalue weighted by atomic mass is 9.98. The van der Waals surface area contributed by atoms with Crippen molar-refractivity contribution in [1.82, 2.24) is 10.6 Å². The molecule has 3 N–H and O–H groups in total. The summed E-state index contributed by atoms with van der Waals surface area (Å²) in [5, 5.41) is 14.7. The smallest absolute Gasteiger partial charge is 0.407 e. The number of hydrogen-bond acceptors (Lipinski definition) is 5. The molecule has 8 heteroatoms. The van der Waals surface area contributed by atoms with Crippen LogP contribution in [0.15, 0.2) is 48.5 Å². The predicted molar refractivity (Wildman–Crippen MR) is 119 cm³/mol. The second-order valence-corrected chi connectivity index (χ2v) is 8.91. The molecule has 0 radical (unpaired) electrons. The lowest BCUT2D eigenvalue weighted by Crippen LogP contribution is -2.43. The Labute approximate surface area is 191 Å². The average Bonchev–Trinajstić information content (AvgIpc) is 3.33. The Kier molecular flexibility index (Phi) is 5.76. The molecule has 1 saturated heterocycles. The van der Waals surface area contributed by atoms with Crippen molar-refractivity contribution in [2.75, 3.05) is 26.4 Å². The summed E-state index contributed by atoms with van der Waals surface area (Å²) in [4.78, 5) is 35.9. The van der Waals surface area contributed by atoms with Crippen LogP contribution in [0.5, 0.6) is 0 Å². The van der Waals surface area contributed by atoms with E-state index in [1.807, 2.05) is 24.3 Å². The summed E-state index contributed by atoms with van der Waals surface area (Å²) in [6.45, 7) is 0.904. The first-order valence-electron chi connectivity index (χ1n) is 11.2. The molecule has 33 heavy (non-hydrogen) atoms. The fourth-order valence-corrected chi connectivity index (χ4v) is 4.89. The van der Waals surface area contributed by atoms with Crippen LogP contribution in [0.1, 0.15) is 23.5 Å². The molecule has 2 aromatic rings. The van der Waals surface area contributed by atoms with Crippen molar-refractivity contribution in [3.8, 4) is 11.1 Å². The van der Waals surface area contributed by atoms with Gasteiger partial charge in [-0.2, -0.15) is 0 Å². The van der Waals surface area contributed by atoms with E-state index in [1.54, 1.807) is 0 Å². The number of carbonyl (C=O) groups is 3. The first-order valence-corrected chi connectivity index (χ1v) is 11.2. The topological polar surface area (TPSA) is 114 Å². The summed E-state index contributed by atoms with van der Waals surface area (Å²) >= 11 is 0. The Morgan fingerprint density at radius 2 is 1.64 bits per heavy atom. The zero-order valence-electron chi connectivity index (χ0n) is 18.0. The number of nitrogens with one attached hydrogen (secondary N) is 2. The van der Waals surface area contributed by atoms with Gasteiger partial charge in [0, 0.05) is 18.4 Å². The highest BCUT2D eigenvalue weighted by Gasteiger charge is 2.45. The Hall–Kier alpha value is -3.39. The fraction of sp³-hybridized carbons (Fsp3) is 0.400. The molecular weight excluding hydrogens is 424 g/mol. The number of ether oxygens (including phenoxy) is 2. The second-order valence-electron chi connectivity index (χ2n) is 8.91. The SMILES string of the molecule is O=C(NC[C@H]1C[C@H]1C(=O)NC1COCC1C(=O)O)OCC1c2ccccc2-c2ccccc21. The number of aliphatic carboxylic acids is 1. The quantitative estimate of drug-likeness (QED) is 0.597. The molecule has 3 aliphatic rings. The molecule has 2 fully saturated rings. The molecule has 1 heterocycles. The molecule has 2 unspecified atom stereocenters. The first-order chi connectivity index (χ1) is 16.0. The fourth-order valence-electron chi connectivity index (χ4n) is 4.89. The van der Waals surface area contributed by atoms with Gasteiger partial charge in [0.1, 0.15) is 12.5 Å². The van der Waals surface area contributed by atoms with Crippen LogP contribution in [0, 0.1) is 17.8 Å². The highest BCUT2D eigenvalue weighted by atomic mass is 16.5. The van der Waals surface area contributed by atoms with Gasteiger partial charge in [-0.05, 0) is 34.6 Å². The van der Waals surface area contributed by atoms with Crippen molar-refractivity contribution in [1.29, 1.82) is 0 Å². The highest BCUT2D eigenvalue weighted by molar-refractivity contribution is 5.83. The van der Waals surface area contributed by atoms with Gasteiger partial charge in [0.05, 0.1) is 19.3 Å². The monoisotopic (exact) mass is 450 g/mol. The van der Waals surface area contributed by atoms with Crippen LogP contribution in [0.4, 0.5) is 4.79 Å². The van der Waals surface area contributed by atoms with Crippen LogP contribution >= 0.6 is 0 Å². The Morgan fingerprint density at radius 1 is 0.970 bits per heavy atom. The Bertz CT molecular complexity index is 1040. The molecule has 2 aliphatic carbocycles. The summed E-state index contributed by atoms with van der Waals surface area (Å²) < 4.78 is 10.7. The van der Waals surface area contributed by atoms with E-state index in [0.29, 0.717) is 13.0 Å². The van der Waals surface area contributed by atoms with Crippen LogP contribution in [-0.4, -0.2) is 55.5 Å². The average molecular weight is 450 g/mol. The van der Waals surface area contributed by atoms with E-state index >= 15 is 0 Å². The van der Waals surface area contributed by atoms with Crippen LogP contribution in [0.2, 0.25) is 0 Å². The minimum Gasteiger partial charge on any atom is -0.481 e. The zero-order valence-corrected chi connectivity index (χ0v) is 18.0. The van der Waals surface area contributed by atoms with Gasteiger partial charge >= 0.3 is 12.1 Å². The van der Waals surface area contributed by atoms with Crippen molar-refractivity contribution >= 4 is 18.0 Å². The molecule has 4 atom stereocenters. The van der Waals surface area contributed by atoms with E-state index in [-0.39, 0.29) is 43.5 Å². The van der Waals surface area contributed by atoms with Gasteiger partial charge in [-0.25, -0.2) is 4.79 Å². The molecule has 1 saturated carbocycles. The van der Waals surface area contributed by atoms with Gasteiger partial charge in [-0.1, -0.05) is 48.5 Å². The van der Waals surface area contributed by atoms with Gasteiger partial charge in [-0.3, -0.25) is 9.59 Å². The zero-order chi connectivity index (χ0) is 22.9. The Morgan fingerprint density at radius 3 is 2.30 bits per heavy atom.